The number of nitrogens with zero attached hydrogens (tertiary/aromatic N) is 3. The minimum Gasteiger partial charge on any atom is -0.393 e. The second kappa shape index (κ2) is 7.28. The summed E-state index contributed by atoms with van der Waals surface area (Å²) in [5, 5.41) is 10.3. The Kier molecular flexibility index (Phi) is 5.37. The molecule has 1 aliphatic carbocycles. The zero-order valence-corrected chi connectivity index (χ0v) is 13.9. The van der Waals surface area contributed by atoms with Crippen LogP contribution in [0.15, 0.2) is 0 Å². The van der Waals surface area contributed by atoms with Crippen LogP contribution < -0.4 is 0 Å². The molecule has 0 spiro atoms. The quantitative estimate of drug-likeness (QED) is 0.837. The number of amides is 1. The molecule has 3 rings (SSSR count). The highest BCUT2D eigenvalue weighted by molar-refractivity contribution is 5.78. The van der Waals surface area contributed by atoms with Gasteiger partial charge in [0.1, 0.15) is 0 Å². The Morgan fingerprint density at radius 3 is 2.45 bits per heavy atom. The lowest BCUT2D eigenvalue weighted by Crippen LogP contribution is -2.52. The summed E-state index contributed by atoms with van der Waals surface area (Å²) in [5.41, 5.74) is 0. The molecule has 1 N–H and O–H groups in total. The first-order valence-corrected chi connectivity index (χ1v) is 9.03. The average molecular weight is 309 g/mol. The number of hydrogen-bond donors (Lipinski definition) is 1. The van der Waals surface area contributed by atoms with E-state index in [-0.39, 0.29) is 12.0 Å². The number of aliphatic hydroxyl groups is 1. The Balaban J connectivity index is 1.55. The van der Waals surface area contributed by atoms with Crippen molar-refractivity contribution in [1.29, 1.82) is 0 Å². The van der Waals surface area contributed by atoms with Crippen LogP contribution in [-0.2, 0) is 4.79 Å². The Bertz CT molecular complexity index is 382. The highest BCUT2D eigenvalue weighted by Gasteiger charge is 2.38. The van der Waals surface area contributed by atoms with Crippen molar-refractivity contribution >= 4 is 5.91 Å². The first-order chi connectivity index (χ1) is 10.6. The van der Waals surface area contributed by atoms with Gasteiger partial charge in [-0.2, -0.15) is 0 Å². The molecule has 2 aliphatic heterocycles. The van der Waals surface area contributed by atoms with Crippen molar-refractivity contribution in [2.45, 2.75) is 50.7 Å². The van der Waals surface area contributed by atoms with E-state index in [1.165, 1.54) is 12.8 Å². The zero-order chi connectivity index (χ0) is 15.5. The van der Waals surface area contributed by atoms with Gasteiger partial charge in [0.05, 0.1) is 12.6 Å². The normalized spacial score (nSPS) is 35.0. The lowest BCUT2D eigenvalue weighted by Gasteiger charge is -2.38. The molecule has 3 aliphatic rings. The van der Waals surface area contributed by atoms with E-state index < -0.39 is 0 Å². The zero-order valence-electron chi connectivity index (χ0n) is 13.9. The Morgan fingerprint density at radius 1 is 1.00 bits per heavy atom. The minimum absolute atomic E-state index is 0.155. The predicted molar refractivity (Wildman–Crippen MR) is 86.6 cm³/mol. The lowest BCUT2D eigenvalue weighted by atomic mass is 9.80. The third kappa shape index (κ3) is 3.63. The van der Waals surface area contributed by atoms with Gasteiger partial charge in [-0.05, 0) is 39.3 Å². The smallest absolute Gasteiger partial charge is 0.236 e. The summed E-state index contributed by atoms with van der Waals surface area (Å²) < 4.78 is 0. The van der Waals surface area contributed by atoms with Gasteiger partial charge in [0, 0.05) is 38.1 Å². The van der Waals surface area contributed by atoms with Gasteiger partial charge in [-0.15, -0.1) is 0 Å². The molecule has 0 bridgehead atoms. The highest BCUT2D eigenvalue weighted by Crippen LogP contribution is 2.34. The largest absolute Gasteiger partial charge is 0.393 e. The lowest BCUT2D eigenvalue weighted by molar-refractivity contribution is -0.134. The van der Waals surface area contributed by atoms with Crippen molar-refractivity contribution in [3.8, 4) is 0 Å². The first-order valence-electron chi connectivity index (χ1n) is 9.03. The van der Waals surface area contributed by atoms with E-state index in [9.17, 15) is 9.90 Å². The van der Waals surface area contributed by atoms with Gasteiger partial charge in [0.2, 0.25) is 5.91 Å². The third-order valence-electron chi connectivity index (χ3n) is 5.88. The van der Waals surface area contributed by atoms with E-state index in [4.69, 9.17) is 0 Å². The van der Waals surface area contributed by atoms with Gasteiger partial charge in [0.25, 0.3) is 0 Å². The van der Waals surface area contributed by atoms with Crippen LogP contribution in [0.5, 0.6) is 0 Å². The van der Waals surface area contributed by atoms with Crippen molar-refractivity contribution in [1.82, 2.24) is 14.7 Å². The number of hydrogen-bond acceptors (Lipinski definition) is 4. The van der Waals surface area contributed by atoms with Crippen LogP contribution in [0.2, 0.25) is 0 Å². The molecule has 1 amide bonds. The number of rotatable bonds is 3. The summed E-state index contributed by atoms with van der Waals surface area (Å²) in [7, 11) is 2.11. The molecule has 3 atom stereocenters. The monoisotopic (exact) mass is 309 g/mol. The van der Waals surface area contributed by atoms with Crippen molar-refractivity contribution in [2.24, 2.45) is 5.92 Å². The number of carbonyl (C=O) groups excluding carboxylic acids is 1. The summed E-state index contributed by atoms with van der Waals surface area (Å²) in [6.45, 7) is 5.26. The van der Waals surface area contributed by atoms with Crippen LogP contribution in [0.1, 0.15) is 38.5 Å². The number of likely N-dealkylation sites (N-methyl/N-ethyl adjacent to an activating group) is 1. The molecule has 2 heterocycles. The molecular weight excluding hydrogens is 278 g/mol. The molecule has 3 unspecified atom stereocenters. The van der Waals surface area contributed by atoms with Crippen molar-refractivity contribution < 1.29 is 9.90 Å². The summed E-state index contributed by atoms with van der Waals surface area (Å²) >= 11 is 0. The van der Waals surface area contributed by atoms with E-state index >= 15 is 0 Å². The van der Waals surface area contributed by atoms with Crippen LogP contribution in [0.3, 0.4) is 0 Å². The fourth-order valence-corrected chi connectivity index (χ4v) is 4.45. The fraction of sp³-hybridized carbons (Fsp3) is 0.941. The van der Waals surface area contributed by atoms with Gasteiger partial charge in [-0.25, -0.2) is 0 Å². The van der Waals surface area contributed by atoms with Gasteiger partial charge in [0.15, 0.2) is 0 Å². The molecule has 5 nitrogen and oxygen atoms in total. The van der Waals surface area contributed by atoms with Gasteiger partial charge in [-0.3, -0.25) is 9.69 Å². The number of carbonyl (C=O) groups is 1. The summed E-state index contributed by atoms with van der Waals surface area (Å²) in [6.07, 6.45) is 6.63. The Hall–Kier alpha value is -0.650. The van der Waals surface area contributed by atoms with E-state index in [0.717, 1.165) is 58.4 Å². The number of aliphatic hydroxyl groups excluding tert-OH is 1. The predicted octanol–water partition coefficient (Wildman–Crippen LogP) is 0.776. The number of piperazine rings is 1. The van der Waals surface area contributed by atoms with E-state index in [1.54, 1.807) is 0 Å². The van der Waals surface area contributed by atoms with Gasteiger partial charge < -0.3 is 14.9 Å². The standard InChI is InChI=1S/C17H31N3O2/c1-18-9-11-19(12-10-18)17(22)13-20-8-4-6-15(20)14-5-2-3-7-16(14)21/h14-16,21H,2-13H2,1H3. The molecule has 126 valence electrons. The van der Waals surface area contributed by atoms with Crippen LogP contribution in [0.4, 0.5) is 0 Å². The maximum absolute atomic E-state index is 12.6. The summed E-state index contributed by atoms with van der Waals surface area (Å²) in [4.78, 5) is 19.2. The molecule has 1 saturated carbocycles. The van der Waals surface area contributed by atoms with Crippen LogP contribution in [0, 0.1) is 5.92 Å². The maximum Gasteiger partial charge on any atom is 0.236 e. The maximum atomic E-state index is 12.6. The Labute approximate surface area is 134 Å². The molecule has 0 aromatic rings. The summed E-state index contributed by atoms with van der Waals surface area (Å²) in [5.74, 6) is 0.668. The number of likely N-dealkylation sites (tertiary alicyclic amines) is 1. The molecule has 0 aromatic heterocycles. The van der Waals surface area contributed by atoms with E-state index in [1.807, 2.05) is 4.90 Å². The Morgan fingerprint density at radius 2 is 1.73 bits per heavy atom. The molecule has 2 saturated heterocycles. The van der Waals surface area contributed by atoms with Crippen molar-refractivity contribution in [3.05, 3.63) is 0 Å². The third-order valence-corrected chi connectivity index (χ3v) is 5.88. The molecule has 0 radical (unpaired) electrons. The van der Waals surface area contributed by atoms with E-state index in [2.05, 4.69) is 16.8 Å². The molecular formula is C17H31N3O2. The fourth-order valence-electron chi connectivity index (χ4n) is 4.45. The molecule has 22 heavy (non-hydrogen) atoms. The molecule has 3 fully saturated rings. The SMILES string of the molecule is CN1CCN(C(=O)CN2CCCC2C2CCCCC2O)CC1. The van der Waals surface area contributed by atoms with Crippen LogP contribution in [-0.4, -0.2) is 84.2 Å². The summed E-state index contributed by atoms with van der Waals surface area (Å²) in [6, 6.07) is 0.423. The minimum atomic E-state index is -0.155. The van der Waals surface area contributed by atoms with Gasteiger partial charge >= 0.3 is 0 Å². The second-order valence-corrected chi connectivity index (χ2v) is 7.38. The highest BCUT2D eigenvalue weighted by atomic mass is 16.3. The average Bonchev–Trinajstić information content (AvgIpc) is 2.96. The van der Waals surface area contributed by atoms with Crippen molar-refractivity contribution in [2.75, 3.05) is 46.3 Å². The molecule has 0 aromatic carbocycles. The molecule has 5 heteroatoms. The first kappa shape index (κ1) is 16.2. The van der Waals surface area contributed by atoms with E-state index in [0.29, 0.717) is 18.5 Å². The van der Waals surface area contributed by atoms with Crippen molar-refractivity contribution in [3.63, 3.8) is 0 Å². The second-order valence-electron chi connectivity index (χ2n) is 7.38. The van der Waals surface area contributed by atoms with Crippen LogP contribution in [0.25, 0.3) is 0 Å². The van der Waals surface area contributed by atoms with Crippen LogP contribution >= 0.6 is 0 Å². The topological polar surface area (TPSA) is 47.0 Å². The van der Waals surface area contributed by atoms with Gasteiger partial charge in [-0.1, -0.05) is 12.8 Å².